The molecule has 186 valence electrons. The zero-order chi connectivity index (χ0) is 22.5. The number of halogens is 2. The molecule has 1 aliphatic heterocycles. The molecule has 0 aromatic carbocycles. The number of fused-ring (bicyclic) bond motifs is 1. The average Bonchev–Trinajstić information content (AvgIpc) is 3.06. The van der Waals surface area contributed by atoms with Gasteiger partial charge in [0, 0.05) is 26.4 Å². The first-order valence-electron chi connectivity index (χ1n) is 10.7. The molecule has 11 nitrogen and oxygen atoms in total. The van der Waals surface area contributed by atoms with Crippen molar-refractivity contribution in [3.05, 3.63) is 26.7 Å². The topological polar surface area (TPSA) is 154 Å². The van der Waals surface area contributed by atoms with Crippen LogP contribution in [0.3, 0.4) is 0 Å². The number of imidazole rings is 1. The molecule has 0 aliphatic carbocycles. The van der Waals surface area contributed by atoms with E-state index in [9.17, 15) is 19.2 Å². The highest BCUT2D eigenvalue weighted by Crippen LogP contribution is 2.20. The van der Waals surface area contributed by atoms with Crippen molar-refractivity contribution in [2.45, 2.75) is 58.0 Å². The minimum atomic E-state index is -0.933. The first-order valence-corrected chi connectivity index (χ1v) is 10.7. The predicted molar refractivity (Wildman–Crippen MR) is 134 cm³/mol. The summed E-state index contributed by atoms with van der Waals surface area (Å²) < 4.78 is 3.92. The summed E-state index contributed by atoms with van der Waals surface area (Å²) in [6, 6.07) is 0. The number of carbonyl (C=O) groups is 2. The van der Waals surface area contributed by atoms with E-state index >= 15 is 0 Å². The van der Waals surface area contributed by atoms with Crippen LogP contribution in [0.4, 0.5) is 0 Å². The highest BCUT2D eigenvalue weighted by atomic mass is 79.9. The molecule has 1 fully saturated rings. The fraction of sp³-hybridized carbons (Fsp3) is 0.650. The Balaban J connectivity index is 0.00000272. The third-order valence-corrected chi connectivity index (χ3v) is 5.89. The molecule has 13 heteroatoms. The van der Waals surface area contributed by atoms with Crippen LogP contribution in [-0.2, 0) is 36.1 Å². The monoisotopic (exact) mass is 594 g/mol. The van der Waals surface area contributed by atoms with Gasteiger partial charge in [0.1, 0.15) is 12.4 Å². The fourth-order valence-electron chi connectivity index (χ4n) is 4.21. The van der Waals surface area contributed by atoms with E-state index in [1.807, 2.05) is 0 Å². The van der Waals surface area contributed by atoms with Gasteiger partial charge in [0.05, 0.1) is 0 Å². The second kappa shape index (κ2) is 13.0. The highest BCUT2D eigenvalue weighted by Gasteiger charge is 2.22. The van der Waals surface area contributed by atoms with E-state index in [-0.39, 0.29) is 64.6 Å². The SMILES string of the molecule is Br.Br.Cn1c(CCC2CCNCC2)nc2c(=O)n(CCCCC(=O)O)c(=O)n(CC(N)=O)c21. The molecule has 1 saturated heterocycles. The molecule has 2 aromatic rings. The standard InChI is InChI=1S/C20H30N6O5.2BrH/c1-24-15(6-5-13-7-9-22-10-8-13)23-17-18(24)26(12-14(21)27)20(31)25(19(17)30)11-3-2-4-16(28)29;;/h13,22H,2-12H2,1H3,(H2,21,27)(H,28,29);2*1H. The molecule has 0 saturated carbocycles. The van der Waals surface area contributed by atoms with Crippen LogP contribution in [-0.4, -0.2) is 48.8 Å². The lowest BCUT2D eigenvalue weighted by atomic mass is 9.93. The van der Waals surface area contributed by atoms with Gasteiger partial charge in [0.15, 0.2) is 11.2 Å². The van der Waals surface area contributed by atoms with Gasteiger partial charge in [0.2, 0.25) is 5.91 Å². The van der Waals surface area contributed by atoms with Gasteiger partial charge < -0.3 is 20.7 Å². The first kappa shape index (κ1) is 29.0. The highest BCUT2D eigenvalue weighted by molar-refractivity contribution is 8.93. The van der Waals surface area contributed by atoms with Gasteiger partial charge in [-0.05, 0) is 51.1 Å². The molecule has 2 aromatic heterocycles. The molecule has 4 N–H and O–H groups in total. The normalized spacial score (nSPS) is 14.0. The number of hydrogen-bond acceptors (Lipinski definition) is 6. The molecular formula is C20H32Br2N6O5. The third-order valence-electron chi connectivity index (χ3n) is 5.89. The maximum Gasteiger partial charge on any atom is 0.333 e. The van der Waals surface area contributed by atoms with E-state index in [2.05, 4.69) is 10.3 Å². The molecule has 0 atom stereocenters. The number of nitrogens with zero attached hydrogens (tertiary/aromatic N) is 4. The summed E-state index contributed by atoms with van der Waals surface area (Å²) in [5.41, 5.74) is 4.60. The Bertz CT molecular complexity index is 1090. The Kier molecular flexibility index (Phi) is 11.5. The summed E-state index contributed by atoms with van der Waals surface area (Å²) in [6.07, 6.45) is 4.43. The summed E-state index contributed by atoms with van der Waals surface area (Å²) in [4.78, 5) is 52.9. The zero-order valence-electron chi connectivity index (χ0n) is 18.6. The molecule has 3 rings (SSSR count). The van der Waals surface area contributed by atoms with Gasteiger partial charge in [-0.1, -0.05) is 0 Å². The number of rotatable bonds is 10. The van der Waals surface area contributed by atoms with Crippen LogP contribution in [0.15, 0.2) is 9.59 Å². The van der Waals surface area contributed by atoms with Crippen LogP contribution < -0.4 is 22.3 Å². The zero-order valence-corrected chi connectivity index (χ0v) is 22.0. The van der Waals surface area contributed by atoms with Crippen LogP contribution in [0.1, 0.15) is 44.3 Å². The maximum absolute atomic E-state index is 13.0. The van der Waals surface area contributed by atoms with Gasteiger partial charge in [-0.15, -0.1) is 34.0 Å². The number of aromatic nitrogens is 4. The van der Waals surface area contributed by atoms with Crippen molar-refractivity contribution in [3.63, 3.8) is 0 Å². The largest absolute Gasteiger partial charge is 0.481 e. The van der Waals surface area contributed by atoms with Crippen molar-refractivity contribution < 1.29 is 14.7 Å². The molecule has 33 heavy (non-hydrogen) atoms. The molecule has 1 amide bonds. The quantitative estimate of drug-likeness (QED) is 0.342. The number of piperidine rings is 1. The molecule has 3 heterocycles. The average molecular weight is 596 g/mol. The van der Waals surface area contributed by atoms with E-state index in [1.54, 1.807) is 11.6 Å². The predicted octanol–water partition coefficient (Wildman–Crippen LogP) is 0.725. The van der Waals surface area contributed by atoms with Crippen LogP contribution >= 0.6 is 34.0 Å². The summed E-state index contributed by atoms with van der Waals surface area (Å²) in [7, 11) is 1.74. The van der Waals surface area contributed by atoms with Gasteiger partial charge in [-0.3, -0.25) is 23.5 Å². The van der Waals surface area contributed by atoms with Crippen molar-refractivity contribution in [2.75, 3.05) is 13.1 Å². The van der Waals surface area contributed by atoms with Gasteiger partial charge in [-0.2, -0.15) is 0 Å². The third kappa shape index (κ3) is 7.00. The maximum atomic E-state index is 13.0. The van der Waals surface area contributed by atoms with E-state index in [0.29, 0.717) is 31.0 Å². The number of nitrogens with one attached hydrogen (secondary N) is 1. The number of carboxylic acid groups (broad SMARTS) is 1. The molecule has 1 aliphatic rings. The Morgan fingerprint density at radius 1 is 1.15 bits per heavy atom. The van der Waals surface area contributed by atoms with Crippen LogP contribution in [0.5, 0.6) is 0 Å². The molecule has 0 bridgehead atoms. The number of aryl methyl sites for hydroxylation is 2. The number of primary amides is 1. The molecular weight excluding hydrogens is 564 g/mol. The molecule has 0 unspecified atom stereocenters. The number of nitrogens with two attached hydrogens (primary N) is 1. The number of carboxylic acids is 1. The van der Waals surface area contributed by atoms with Gasteiger partial charge in [-0.25, -0.2) is 9.78 Å². The number of amides is 1. The lowest BCUT2D eigenvalue weighted by Crippen LogP contribution is -2.42. The first-order chi connectivity index (χ1) is 14.8. The number of carbonyl (C=O) groups excluding carboxylic acids is 1. The minimum Gasteiger partial charge on any atom is -0.481 e. The number of hydrogen-bond donors (Lipinski definition) is 3. The smallest absolute Gasteiger partial charge is 0.333 e. The fourth-order valence-corrected chi connectivity index (χ4v) is 4.21. The molecule has 0 spiro atoms. The van der Waals surface area contributed by atoms with Crippen molar-refractivity contribution in [1.82, 2.24) is 24.0 Å². The lowest BCUT2D eigenvalue weighted by Gasteiger charge is -2.22. The number of aliphatic carboxylic acids is 1. The van der Waals surface area contributed by atoms with Crippen LogP contribution in [0.2, 0.25) is 0 Å². The van der Waals surface area contributed by atoms with Crippen molar-refractivity contribution >= 4 is 57.0 Å². The second-order valence-corrected chi connectivity index (χ2v) is 8.13. The van der Waals surface area contributed by atoms with Gasteiger partial charge in [0.25, 0.3) is 5.56 Å². The Morgan fingerprint density at radius 2 is 1.82 bits per heavy atom. The number of unbranched alkanes of at least 4 members (excludes halogenated alkanes) is 1. The van der Waals surface area contributed by atoms with Crippen molar-refractivity contribution in [1.29, 1.82) is 0 Å². The van der Waals surface area contributed by atoms with Gasteiger partial charge >= 0.3 is 11.7 Å². The summed E-state index contributed by atoms with van der Waals surface area (Å²) in [5.74, 6) is -0.361. The van der Waals surface area contributed by atoms with Crippen molar-refractivity contribution in [2.24, 2.45) is 18.7 Å². The van der Waals surface area contributed by atoms with E-state index in [0.717, 1.165) is 36.9 Å². The summed E-state index contributed by atoms with van der Waals surface area (Å²) in [5, 5.41) is 12.1. The van der Waals surface area contributed by atoms with E-state index in [4.69, 9.17) is 10.8 Å². The van der Waals surface area contributed by atoms with Crippen LogP contribution in [0, 0.1) is 5.92 Å². The van der Waals surface area contributed by atoms with Crippen molar-refractivity contribution in [3.8, 4) is 0 Å². The lowest BCUT2D eigenvalue weighted by molar-refractivity contribution is -0.137. The van der Waals surface area contributed by atoms with E-state index < -0.39 is 23.1 Å². The minimum absolute atomic E-state index is 0. The molecule has 0 radical (unpaired) electrons. The van der Waals surface area contributed by atoms with Crippen LogP contribution in [0.25, 0.3) is 11.2 Å². The summed E-state index contributed by atoms with van der Waals surface area (Å²) >= 11 is 0. The second-order valence-electron chi connectivity index (χ2n) is 8.13. The Labute approximate surface area is 211 Å². The van der Waals surface area contributed by atoms with E-state index in [1.165, 1.54) is 4.57 Å². The summed E-state index contributed by atoms with van der Waals surface area (Å²) in [6.45, 7) is 1.69. The Hall–Kier alpha value is -1.99. The Morgan fingerprint density at radius 3 is 2.42 bits per heavy atom.